The fourth-order valence-corrected chi connectivity index (χ4v) is 1.77. The van der Waals surface area contributed by atoms with Crippen LogP contribution in [0.2, 0.25) is 0 Å². The molecule has 1 rings (SSSR count). The van der Waals surface area contributed by atoms with E-state index in [0.29, 0.717) is 6.54 Å². The van der Waals surface area contributed by atoms with Crippen LogP contribution in [0.3, 0.4) is 0 Å². The topological polar surface area (TPSA) is 61.9 Å². The molecule has 0 fully saturated rings. The first kappa shape index (κ1) is 17.0. The predicted molar refractivity (Wildman–Crippen MR) is 81.0 cm³/mol. The van der Waals surface area contributed by atoms with Crippen molar-refractivity contribution in [1.82, 2.24) is 15.1 Å². The van der Waals surface area contributed by atoms with Crippen LogP contribution in [0.5, 0.6) is 5.75 Å². The van der Waals surface area contributed by atoms with Crippen LogP contribution in [-0.4, -0.2) is 63.0 Å². The Morgan fingerprint density at radius 1 is 1.14 bits per heavy atom. The summed E-state index contributed by atoms with van der Waals surface area (Å²) in [5.74, 6) is 0.582. The van der Waals surface area contributed by atoms with Crippen LogP contribution in [0.15, 0.2) is 24.3 Å². The zero-order chi connectivity index (χ0) is 15.8. The Labute approximate surface area is 125 Å². The van der Waals surface area contributed by atoms with E-state index in [4.69, 9.17) is 4.74 Å². The molecule has 0 unspecified atom stereocenters. The molecule has 0 saturated carbocycles. The van der Waals surface area contributed by atoms with Crippen molar-refractivity contribution in [2.24, 2.45) is 0 Å². The summed E-state index contributed by atoms with van der Waals surface area (Å²) in [6.45, 7) is 0.794. The van der Waals surface area contributed by atoms with Gasteiger partial charge in [0.1, 0.15) is 5.75 Å². The van der Waals surface area contributed by atoms with Crippen LogP contribution in [0.25, 0.3) is 0 Å². The van der Waals surface area contributed by atoms with Gasteiger partial charge in [-0.05, 0) is 13.1 Å². The Kier molecular flexibility index (Phi) is 6.68. The van der Waals surface area contributed by atoms with E-state index in [-0.39, 0.29) is 24.9 Å². The second-order valence-electron chi connectivity index (χ2n) is 5.05. The van der Waals surface area contributed by atoms with Crippen LogP contribution >= 0.6 is 0 Å². The summed E-state index contributed by atoms with van der Waals surface area (Å²) in [6.07, 6.45) is 0. The highest BCUT2D eigenvalue weighted by Gasteiger charge is 2.12. The average Bonchev–Trinajstić information content (AvgIpc) is 2.45. The maximum atomic E-state index is 11.9. The number of nitrogens with one attached hydrogen (secondary N) is 1. The summed E-state index contributed by atoms with van der Waals surface area (Å²) in [5.41, 5.74) is 0.917. The second kappa shape index (κ2) is 8.26. The van der Waals surface area contributed by atoms with Gasteiger partial charge in [0.25, 0.3) is 0 Å². The van der Waals surface area contributed by atoms with E-state index in [9.17, 15) is 9.59 Å². The molecule has 0 bridgehead atoms. The molecule has 21 heavy (non-hydrogen) atoms. The minimum atomic E-state index is -0.130. The van der Waals surface area contributed by atoms with E-state index in [1.807, 2.05) is 24.3 Å². The molecule has 1 aromatic carbocycles. The number of hydrogen-bond acceptors (Lipinski definition) is 4. The van der Waals surface area contributed by atoms with Crippen LogP contribution in [0.4, 0.5) is 0 Å². The van der Waals surface area contributed by atoms with Gasteiger partial charge in [-0.15, -0.1) is 0 Å². The largest absolute Gasteiger partial charge is 0.496 e. The minimum Gasteiger partial charge on any atom is -0.496 e. The van der Waals surface area contributed by atoms with Crippen molar-refractivity contribution >= 4 is 11.8 Å². The van der Waals surface area contributed by atoms with Crippen LogP contribution in [0.1, 0.15) is 5.56 Å². The molecule has 0 saturated heterocycles. The van der Waals surface area contributed by atoms with Gasteiger partial charge in [-0.1, -0.05) is 18.2 Å². The Bertz CT molecular complexity index is 489. The molecule has 1 aromatic rings. The molecule has 0 aliphatic rings. The molecule has 6 nitrogen and oxygen atoms in total. The Morgan fingerprint density at radius 3 is 2.43 bits per heavy atom. The molecule has 116 valence electrons. The zero-order valence-electron chi connectivity index (χ0n) is 13.0. The first-order valence-corrected chi connectivity index (χ1v) is 6.71. The molecular weight excluding hydrogens is 270 g/mol. The van der Waals surface area contributed by atoms with E-state index < -0.39 is 0 Å². The molecular formula is C15H23N3O3. The van der Waals surface area contributed by atoms with Crippen molar-refractivity contribution in [3.63, 3.8) is 0 Å². The Hall–Kier alpha value is -2.08. The lowest BCUT2D eigenvalue weighted by Gasteiger charge is -2.18. The number of hydrogen-bond donors (Lipinski definition) is 1. The normalized spacial score (nSPS) is 10.3. The highest BCUT2D eigenvalue weighted by Crippen LogP contribution is 2.16. The van der Waals surface area contributed by atoms with Crippen molar-refractivity contribution in [2.45, 2.75) is 6.54 Å². The predicted octanol–water partition coefficient (Wildman–Crippen LogP) is 0.331. The molecule has 6 heteroatoms. The van der Waals surface area contributed by atoms with Crippen LogP contribution < -0.4 is 10.1 Å². The number of amides is 2. The number of ether oxygens (including phenoxy) is 1. The number of carbonyl (C=O) groups excluding carboxylic acids is 2. The highest BCUT2D eigenvalue weighted by molar-refractivity contribution is 5.80. The van der Waals surface area contributed by atoms with Gasteiger partial charge in [0.2, 0.25) is 11.8 Å². The zero-order valence-corrected chi connectivity index (χ0v) is 13.0. The fourth-order valence-electron chi connectivity index (χ4n) is 1.77. The lowest BCUT2D eigenvalue weighted by atomic mass is 10.2. The molecule has 0 spiro atoms. The summed E-state index contributed by atoms with van der Waals surface area (Å²) in [4.78, 5) is 26.6. The molecule has 0 radical (unpaired) electrons. The van der Waals surface area contributed by atoms with Crippen molar-refractivity contribution < 1.29 is 14.3 Å². The summed E-state index contributed by atoms with van der Waals surface area (Å²) >= 11 is 0. The Morgan fingerprint density at radius 2 is 1.81 bits per heavy atom. The summed E-state index contributed by atoms with van der Waals surface area (Å²) in [7, 11) is 6.72. The maximum Gasteiger partial charge on any atom is 0.236 e. The lowest BCUT2D eigenvalue weighted by Crippen LogP contribution is -2.40. The third-order valence-electron chi connectivity index (χ3n) is 2.99. The molecule has 0 heterocycles. The number of nitrogens with zero attached hydrogens (tertiary/aromatic N) is 2. The SMILES string of the molecule is COc1ccccc1CNC(=O)CN(C)CC(=O)N(C)C. The van der Waals surface area contributed by atoms with E-state index in [1.54, 1.807) is 33.2 Å². The smallest absolute Gasteiger partial charge is 0.236 e. The molecule has 1 N–H and O–H groups in total. The van der Waals surface area contributed by atoms with E-state index in [2.05, 4.69) is 5.32 Å². The average molecular weight is 293 g/mol. The van der Waals surface area contributed by atoms with Gasteiger partial charge in [0, 0.05) is 26.2 Å². The van der Waals surface area contributed by atoms with E-state index in [0.717, 1.165) is 11.3 Å². The minimum absolute atomic E-state index is 0.0324. The third kappa shape index (κ3) is 5.83. The summed E-state index contributed by atoms with van der Waals surface area (Å²) < 4.78 is 5.23. The molecule has 0 aromatic heterocycles. The number of likely N-dealkylation sites (N-methyl/N-ethyl adjacent to an activating group) is 2. The Balaban J connectivity index is 2.42. The summed E-state index contributed by atoms with van der Waals surface area (Å²) in [5, 5.41) is 2.82. The second-order valence-corrected chi connectivity index (χ2v) is 5.05. The standard InChI is InChI=1S/C15H23N3O3/c1-17(2)15(20)11-18(3)10-14(19)16-9-12-7-5-6-8-13(12)21-4/h5-8H,9-11H2,1-4H3,(H,16,19). The lowest BCUT2D eigenvalue weighted by molar-refractivity contribution is -0.130. The van der Waals surface area contributed by atoms with Gasteiger partial charge < -0.3 is 15.0 Å². The third-order valence-corrected chi connectivity index (χ3v) is 2.99. The maximum absolute atomic E-state index is 11.9. The van der Waals surface area contributed by atoms with Crippen molar-refractivity contribution in [3.05, 3.63) is 29.8 Å². The number of para-hydroxylation sites is 1. The fraction of sp³-hybridized carbons (Fsp3) is 0.467. The van der Waals surface area contributed by atoms with Crippen molar-refractivity contribution in [2.75, 3.05) is 41.3 Å². The van der Waals surface area contributed by atoms with E-state index in [1.165, 1.54) is 4.90 Å². The monoisotopic (exact) mass is 293 g/mol. The molecule has 0 atom stereocenters. The number of rotatable bonds is 7. The van der Waals surface area contributed by atoms with Crippen molar-refractivity contribution in [1.29, 1.82) is 0 Å². The number of carbonyl (C=O) groups is 2. The van der Waals surface area contributed by atoms with Gasteiger partial charge in [-0.25, -0.2) is 0 Å². The first-order valence-electron chi connectivity index (χ1n) is 6.71. The van der Waals surface area contributed by atoms with Gasteiger partial charge in [-0.2, -0.15) is 0 Å². The quantitative estimate of drug-likeness (QED) is 0.787. The summed E-state index contributed by atoms with van der Waals surface area (Å²) in [6, 6.07) is 7.53. The van der Waals surface area contributed by atoms with Gasteiger partial charge in [0.05, 0.1) is 20.2 Å². The number of methoxy groups -OCH3 is 1. The molecule has 0 aliphatic heterocycles. The molecule has 0 aliphatic carbocycles. The van der Waals surface area contributed by atoms with Gasteiger partial charge >= 0.3 is 0 Å². The van der Waals surface area contributed by atoms with Crippen LogP contribution in [-0.2, 0) is 16.1 Å². The van der Waals surface area contributed by atoms with Crippen molar-refractivity contribution in [3.8, 4) is 5.75 Å². The molecule has 2 amide bonds. The van der Waals surface area contributed by atoms with Crippen LogP contribution in [0, 0.1) is 0 Å². The van der Waals surface area contributed by atoms with E-state index >= 15 is 0 Å². The van der Waals surface area contributed by atoms with Gasteiger partial charge in [0.15, 0.2) is 0 Å². The highest BCUT2D eigenvalue weighted by atomic mass is 16.5. The van der Waals surface area contributed by atoms with Gasteiger partial charge in [-0.3, -0.25) is 14.5 Å². The number of benzene rings is 1. The first-order chi connectivity index (χ1) is 9.93.